The third-order valence-electron chi connectivity index (χ3n) is 2.01. The Kier molecular flexibility index (Phi) is 2.74. The largest absolute Gasteiger partial charge is 0.268 e. The Labute approximate surface area is 93.8 Å². The Morgan fingerprint density at radius 1 is 1.12 bits per heavy atom. The number of hydrogen-bond donors (Lipinski definition) is 1. The second kappa shape index (κ2) is 4.05. The van der Waals surface area contributed by atoms with Gasteiger partial charge < -0.3 is 0 Å². The number of nitrogens with zero attached hydrogens (tertiary/aromatic N) is 1. The molecule has 0 saturated heterocycles. The zero-order valence-corrected chi connectivity index (χ0v) is 8.62. The summed E-state index contributed by atoms with van der Waals surface area (Å²) in [5.74, 6) is -3.98. The summed E-state index contributed by atoms with van der Waals surface area (Å²) >= 11 is 4.79. The molecule has 0 aliphatic heterocycles. The van der Waals surface area contributed by atoms with Crippen LogP contribution in [0.1, 0.15) is 0 Å². The van der Waals surface area contributed by atoms with Gasteiger partial charge in [0.25, 0.3) is 0 Å². The lowest BCUT2D eigenvalue weighted by Gasteiger charge is -2.03. The first-order valence-corrected chi connectivity index (χ1v) is 4.69. The average molecular weight is 242 g/mol. The van der Waals surface area contributed by atoms with Crippen LogP contribution in [-0.4, -0.2) is 10.2 Å². The first-order valence-electron chi connectivity index (χ1n) is 4.28. The van der Waals surface area contributed by atoms with Crippen molar-refractivity contribution < 1.29 is 13.2 Å². The molecule has 0 spiro atoms. The minimum Gasteiger partial charge on any atom is -0.268 e. The zero-order valence-electron chi connectivity index (χ0n) is 7.80. The van der Waals surface area contributed by atoms with Crippen molar-refractivity contribution in [2.75, 3.05) is 0 Å². The molecule has 2 aromatic rings. The highest BCUT2D eigenvalue weighted by Gasteiger charge is 2.14. The molecule has 0 saturated carbocycles. The number of H-pyrrole nitrogens is 1. The van der Waals surface area contributed by atoms with Gasteiger partial charge >= 0.3 is 0 Å². The topological polar surface area (TPSA) is 28.7 Å². The maximum atomic E-state index is 13.4. The molecule has 0 fully saturated rings. The van der Waals surface area contributed by atoms with Gasteiger partial charge in [-0.25, -0.2) is 13.2 Å². The standard InChI is InChI=1S/C10H5F3N2S/c11-7-2-1-6(9(12)10(7)13)5-3-8(16)15-14-4-5/h1-4H,(H,15,16). The van der Waals surface area contributed by atoms with E-state index < -0.39 is 17.5 Å². The minimum absolute atomic E-state index is 0.0773. The van der Waals surface area contributed by atoms with Crippen molar-refractivity contribution in [2.45, 2.75) is 0 Å². The number of halogens is 3. The lowest BCUT2D eigenvalue weighted by Crippen LogP contribution is -1.94. The van der Waals surface area contributed by atoms with Crippen molar-refractivity contribution >= 4 is 12.2 Å². The van der Waals surface area contributed by atoms with E-state index in [9.17, 15) is 13.2 Å². The molecule has 0 bridgehead atoms. The Hall–Kier alpha value is -1.69. The van der Waals surface area contributed by atoms with Gasteiger partial charge in [-0.3, -0.25) is 5.10 Å². The van der Waals surface area contributed by atoms with E-state index in [0.717, 1.165) is 12.1 Å². The van der Waals surface area contributed by atoms with Crippen molar-refractivity contribution in [3.63, 3.8) is 0 Å². The third-order valence-corrected chi connectivity index (χ3v) is 2.22. The van der Waals surface area contributed by atoms with Gasteiger partial charge in [-0.05, 0) is 18.2 Å². The molecule has 1 aromatic heterocycles. The fourth-order valence-corrected chi connectivity index (χ4v) is 1.45. The fraction of sp³-hybridized carbons (Fsp3) is 0. The van der Waals surface area contributed by atoms with Gasteiger partial charge in [0.15, 0.2) is 17.5 Å². The van der Waals surface area contributed by atoms with Crippen LogP contribution in [0.15, 0.2) is 24.4 Å². The molecule has 0 amide bonds. The molecule has 0 atom stereocenters. The average Bonchev–Trinajstić information content (AvgIpc) is 2.26. The van der Waals surface area contributed by atoms with Gasteiger partial charge in [-0.1, -0.05) is 12.2 Å². The summed E-state index contributed by atoms with van der Waals surface area (Å²) in [6.07, 6.45) is 1.28. The Bertz CT molecular complexity index is 595. The molecule has 1 aromatic carbocycles. The van der Waals surface area contributed by atoms with Crippen LogP contribution in [-0.2, 0) is 0 Å². The number of benzene rings is 1. The summed E-state index contributed by atoms with van der Waals surface area (Å²) in [7, 11) is 0. The first kappa shape index (κ1) is 10.8. The Morgan fingerprint density at radius 3 is 2.56 bits per heavy atom. The van der Waals surface area contributed by atoms with Gasteiger partial charge in [0.1, 0.15) is 4.64 Å². The van der Waals surface area contributed by atoms with Crippen LogP contribution < -0.4 is 0 Å². The van der Waals surface area contributed by atoms with E-state index >= 15 is 0 Å². The van der Waals surface area contributed by atoms with Crippen LogP contribution in [0, 0.1) is 22.1 Å². The summed E-state index contributed by atoms with van der Waals surface area (Å²) in [4.78, 5) is 0. The van der Waals surface area contributed by atoms with Gasteiger partial charge in [-0.15, -0.1) is 0 Å². The molecule has 1 heterocycles. The molecular formula is C10H5F3N2S. The third kappa shape index (κ3) is 1.83. The van der Waals surface area contributed by atoms with E-state index in [2.05, 4.69) is 10.2 Å². The second-order valence-corrected chi connectivity index (χ2v) is 3.50. The van der Waals surface area contributed by atoms with Gasteiger partial charge in [-0.2, -0.15) is 5.10 Å². The van der Waals surface area contributed by atoms with E-state index in [1.807, 2.05) is 0 Å². The van der Waals surface area contributed by atoms with E-state index in [1.54, 1.807) is 0 Å². The summed E-state index contributed by atoms with van der Waals surface area (Å²) in [5.41, 5.74) is 0.214. The number of hydrogen-bond acceptors (Lipinski definition) is 2. The summed E-state index contributed by atoms with van der Waals surface area (Å²) < 4.78 is 39.3. The lowest BCUT2D eigenvalue weighted by molar-refractivity contribution is 0.449. The molecule has 16 heavy (non-hydrogen) atoms. The zero-order chi connectivity index (χ0) is 11.7. The van der Waals surface area contributed by atoms with Gasteiger partial charge in [0, 0.05) is 11.1 Å². The van der Waals surface area contributed by atoms with E-state index in [4.69, 9.17) is 12.2 Å². The Balaban J connectivity index is 2.66. The number of aromatic nitrogens is 2. The molecule has 1 N–H and O–H groups in total. The molecule has 0 aliphatic rings. The number of aromatic amines is 1. The monoisotopic (exact) mass is 242 g/mol. The fourth-order valence-electron chi connectivity index (χ4n) is 1.27. The summed E-state index contributed by atoms with van der Waals surface area (Å²) in [5, 5.41) is 6.10. The molecule has 6 heteroatoms. The number of nitrogens with one attached hydrogen (secondary N) is 1. The van der Waals surface area contributed by atoms with Crippen LogP contribution >= 0.6 is 12.2 Å². The summed E-state index contributed by atoms with van der Waals surface area (Å²) in [6.45, 7) is 0. The molecule has 0 unspecified atom stereocenters. The predicted octanol–water partition coefficient (Wildman–Crippen LogP) is 3.22. The maximum Gasteiger partial charge on any atom is 0.195 e. The summed E-state index contributed by atoms with van der Waals surface area (Å²) in [6, 6.07) is 3.41. The van der Waals surface area contributed by atoms with Crippen LogP contribution in [0.25, 0.3) is 11.1 Å². The molecule has 2 rings (SSSR count). The highest BCUT2D eigenvalue weighted by molar-refractivity contribution is 7.71. The second-order valence-electron chi connectivity index (χ2n) is 3.06. The molecule has 2 nitrogen and oxygen atoms in total. The van der Waals surface area contributed by atoms with E-state index in [-0.39, 0.29) is 10.2 Å². The SMILES string of the molecule is Fc1ccc(-c2cn[nH]c(=S)c2)c(F)c1F. The quantitative estimate of drug-likeness (QED) is 0.614. The van der Waals surface area contributed by atoms with Crippen LogP contribution in [0.4, 0.5) is 13.2 Å². The van der Waals surface area contributed by atoms with Crippen LogP contribution in [0.2, 0.25) is 0 Å². The van der Waals surface area contributed by atoms with Crippen molar-refractivity contribution in [2.24, 2.45) is 0 Å². The Morgan fingerprint density at radius 2 is 1.88 bits per heavy atom. The van der Waals surface area contributed by atoms with E-state index in [0.29, 0.717) is 5.56 Å². The highest BCUT2D eigenvalue weighted by Crippen LogP contribution is 2.24. The van der Waals surface area contributed by atoms with Crippen molar-refractivity contribution in [3.05, 3.63) is 46.5 Å². The maximum absolute atomic E-state index is 13.4. The smallest absolute Gasteiger partial charge is 0.195 e. The van der Waals surface area contributed by atoms with Crippen molar-refractivity contribution in [3.8, 4) is 11.1 Å². The normalized spacial score (nSPS) is 10.4. The molecule has 0 aliphatic carbocycles. The predicted molar refractivity (Wildman–Crippen MR) is 54.7 cm³/mol. The molecule has 82 valence electrons. The first-order chi connectivity index (χ1) is 7.59. The molecular weight excluding hydrogens is 237 g/mol. The van der Waals surface area contributed by atoms with E-state index in [1.165, 1.54) is 12.3 Å². The van der Waals surface area contributed by atoms with Crippen LogP contribution in [0.3, 0.4) is 0 Å². The molecule has 0 radical (unpaired) electrons. The van der Waals surface area contributed by atoms with Crippen LogP contribution in [0.5, 0.6) is 0 Å². The highest BCUT2D eigenvalue weighted by atomic mass is 32.1. The van der Waals surface area contributed by atoms with Crippen molar-refractivity contribution in [1.82, 2.24) is 10.2 Å². The van der Waals surface area contributed by atoms with Gasteiger partial charge in [0.2, 0.25) is 0 Å². The lowest BCUT2D eigenvalue weighted by atomic mass is 10.1. The van der Waals surface area contributed by atoms with Crippen molar-refractivity contribution in [1.29, 1.82) is 0 Å². The van der Waals surface area contributed by atoms with Gasteiger partial charge in [0.05, 0.1) is 6.20 Å². The minimum atomic E-state index is -1.50. The number of rotatable bonds is 1.